The molecule has 230 valence electrons. The number of hydrogen-bond donors (Lipinski definition) is 0. The van der Waals surface area contributed by atoms with Crippen molar-refractivity contribution in [2.45, 2.75) is 64.6 Å². The van der Waals surface area contributed by atoms with E-state index in [-0.39, 0.29) is 25.4 Å². The first kappa shape index (κ1) is 32.4. The SMILES string of the molecule is CCOC(=O)O[C@@H]1[C@@H](OC(=O)OCC)C(F)(F)[C@@H](OC(=O)OCC)O[C@H]1c1ccc(C)c(Cc2ccc(OC)cc2)c1. The Balaban J connectivity index is 2.07. The molecule has 2 aromatic carbocycles. The highest BCUT2D eigenvalue weighted by Gasteiger charge is 2.65. The van der Waals surface area contributed by atoms with Gasteiger partial charge in [0, 0.05) is 0 Å². The molecule has 0 radical (unpaired) electrons. The molecular weight excluding hydrogens is 562 g/mol. The molecule has 0 aliphatic carbocycles. The molecule has 3 rings (SSSR count). The van der Waals surface area contributed by atoms with Gasteiger partial charge >= 0.3 is 24.4 Å². The van der Waals surface area contributed by atoms with Crippen LogP contribution in [0.3, 0.4) is 0 Å². The van der Waals surface area contributed by atoms with Crippen LogP contribution in [0.15, 0.2) is 42.5 Å². The lowest BCUT2D eigenvalue weighted by Gasteiger charge is -2.44. The minimum atomic E-state index is -4.22. The molecule has 0 bridgehead atoms. The fourth-order valence-corrected chi connectivity index (χ4v) is 4.24. The minimum Gasteiger partial charge on any atom is -0.497 e. The third kappa shape index (κ3) is 7.99. The monoisotopic (exact) mass is 596 g/mol. The summed E-state index contributed by atoms with van der Waals surface area (Å²) in [5, 5.41) is 0. The third-order valence-electron chi connectivity index (χ3n) is 6.26. The van der Waals surface area contributed by atoms with E-state index in [1.807, 2.05) is 19.1 Å². The Hall–Kier alpha value is -4.13. The highest BCUT2D eigenvalue weighted by Crippen LogP contribution is 2.45. The van der Waals surface area contributed by atoms with Crippen LogP contribution in [-0.2, 0) is 39.6 Å². The molecule has 0 aromatic heterocycles. The van der Waals surface area contributed by atoms with Gasteiger partial charge in [-0.15, -0.1) is 0 Å². The Bertz CT molecular complexity index is 1220. The van der Waals surface area contributed by atoms with Crippen LogP contribution in [-0.4, -0.2) is 69.8 Å². The van der Waals surface area contributed by atoms with Crippen LogP contribution >= 0.6 is 0 Å². The summed E-state index contributed by atoms with van der Waals surface area (Å²) in [5.41, 5.74) is 2.86. The van der Waals surface area contributed by atoms with Crippen LogP contribution in [0.2, 0.25) is 0 Å². The largest absolute Gasteiger partial charge is 0.510 e. The number of alkyl halides is 2. The molecule has 4 atom stereocenters. The Labute approximate surface area is 241 Å². The first-order chi connectivity index (χ1) is 20.0. The standard InChI is InChI=1S/C29H34F2O11/c1-6-36-26(32)40-23-22(19-12-9-17(4)20(16-19)15-18-10-13-21(35-5)14-11-18)39-25(42-28(34)38-8-3)29(30,31)24(23)41-27(33)37-7-2/h9-14,16,22-25H,6-8,15H2,1-5H3/t22-,23-,24+,25+/m0/s1. The highest BCUT2D eigenvalue weighted by molar-refractivity contribution is 5.62. The first-order valence-corrected chi connectivity index (χ1v) is 13.3. The molecule has 1 aliphatic rings. The fraction of sp³-hybridized carbons (Fsp3) is 0.483. The predicted octanol–water partition coefficient (Wildman–Crippen LogP) is 5.88. The summed E-state index contributed by atoms with van der Waals surface area (Å²) in [7, 11) is 1.56. The van der Waals surface area contributed by atoms with E-state index in [4.69, 9.17) is 33.2 Å². The molecule has 1 heterocycles. The quantitative estimate of drug-likeness (QED) is 0.241. The molecule has 0 amide bonds. The molecule has 11 nitrogen and oxygen atoms in total. The Morgan fingerprint density at radius 1 is 0.833 bits per heavy atom. The number of benzene rings is 2. The van der Waals surface area contributed by atoms with Gasteiger partial charge < -0.3 is 37.9 Å². The zero-order valence-corrected chi connectivity index (χ0v) is 23.9. The zero-order chi connectivity index (χ0) is 30.9. The average molecular weight is 597 g/mol. The molecule has 1 saturated heterocycles. The van der Waals surface area contributed by atoms with Crippen LogP contribution in [0.4, 0.5) is 23.2 Å². The van der Waals surface area contributed by atoms with Crippen molar-refractivity contribution >= 4 is 18.5 Å². The summed E-state index contributed by atoms with van der Waals surface area (Å²) in [6, 6.07) is 12.3. The van der Waals surface area contributed by atoms with E-state index >= 15 is 8.78 Å². The van der Waals surface area contributed by atoms with Gasteiger partial charge in [-0.3, -0.25) is 0 Å². The lowest BCUT2D eigenvalue weighted by Crippen LogP contribution is -2.62. The van der Waals surface area contributed by atoms with Gasteiger partial charge in [0.05, 0.1) is 26.9 Å². The van der Waals surface area contributed by atoms with Crippen molar-refractivity contribution in [3.05, 3.63) is 64.7 Å². The molecule has 2 aromatic rings. The van der Waals surface area contributed by atoms with Crippen molar-refractivity contribution in [2.24, 2.45) is 0 Å². The van der Waals surface area contributed by atoms with E-state index < -0.39 is 49.0 Å². The molecule has 1 fully saturated rings. The minimum absolute atomic E-state index is 0.123. The number of ether oxygens (including phenoxy) is 8. The van der Waals surface area contributed by atoms with Crippen molar-refractivity contribution < 1.29 is 61.1 Å². The molecule has 1 aliphatic heterocycles. The van der Waals surface area contributed by atoms with Gasteiger partial charge in [-0.1, -0.05) is 30.3 Å². The second-order valence-corrected chi connectivity index (χ2v) is 9.06. The first-order valence-electron chi connectivity index (χ1n) is 13.3. The third-order valence-corrected chi connectivity index (χ3v) is 6.26. The van der Waals surface area contributed by atoms with E-state index in [0.29, 0.717) is 12.2 Å². The molecule has 0 unspecified atom stereocenters. The van der Waals surface area contributed by atoms with E-state index in [1.54, 1.807) is 37.4 Å². The maximum absolute atomic E-state index is 15.8. The van der Waals surface area contributed by atoms with Crippen LogP contribution in [0.1, 0.15) is 49.1 Å². The summed E-state index contributed by atoms with van der Waals surface area (Å²) in [6.07, 6.45) is -12.3. The summed E-state index contributed by atoms with van der Waals surface area (Å²) in [4.78, 5) is 36.7. The van der Waals surface area contributed by atoms with Gasteiger partial charge in [-0.25, -0.2) is 14.4 Å². The van der Waals surface area contributed by atoms with Crippen molar-refractivity contribution in [3.8, 4) is 5.75 Å². The molecule has 0 saturated carbocycles. The van der Waals surface area contributed by atoms with Crippen LogP contribution < -0.4 is 4.74 Å². The van der Waals surface area contributed by atoms with Crippen molar-refractivity contribution in [3.63, 3.8) is 0 Å². The van der Waals surface area contributed by atoms with Crippen molar-refractivity contribution in [1.82, 2.24) is 0 Å². The van der Waals surface area contributed by atoms with E-state index in [0.717, 1.165) is 16.7 Å². The van der Waals surface area contributed by atoms with Crippen molar-refractivity contribution in [2.75, 3.05) is 26.9 Å². The highest BCUT2D eigenvalue weighted by atomic mass is 19.3. The van der Waals surface area contributed by atoms with Gasteiger partial charge in [0.25, 0.3) is 6.29 Å². The lowest BCUT2D eigenvalue weighted by molar-refractivity contribution is -0.346. The number of carbonyl (C=O) groups excluding carboxylic acids is 3. The summed E-state index contributed by atoms with van der Waals surface area (Å²) < 4.78 is 71.5. The molecule has 13 heteroatoms. The van der Waals surface area contributed by atoms with Gasteiger partial charge in [0.15, 0.2) is 6.10 Å². The van der Waals surface area contributed by atoms with Gasteiger partial charge in [-0.2, -0.15) is 8.78 Å². The smallest absolute Gasteiger partial charge is 0.497 e. The van der Waals surface area contributed by atoms with Crippen LogP contribution in [0, 0.1) is 6.92 Å². The maximum atomic E-state index is 15.8. The normalized spacial score (nSPS) is 21.0. The van der Waals surface area contributed by atoms with E-state index in [1.165, 1.54) is 20.8 Å². The second kappa shape index (κ2) is 14.7. The maximum Gasteiger partial charge on any atom is 0.510 e. The summed E-state index contributed by atoms with van der Waals surface area (Å²) in [5.74, 6) is -3.54. The van der Waals surface area contributed by atoms with Crippen LogP contribution in [0.5, 0.6) is 5.75 Å². The number of rotatable bonds is 10. The topological polar surface area (TPSA) is 125 Å². The molecule has 0 N–H and O–H groups in total. The fourth-order valence-electron chi connectivity index (χ4n) is 4.24. The Morgan fingerprint density at radius 2 is 1.40 bits per heavy atom. The number of halogens is 2. The molecule has 42 heavy (non-hydrogen) atoms. The predicted molar refractivity (Wildman–Crippen MR) is 141 cm³/mol. The average Bonchev–Trinajstić information content (AvgIpc) is 2.94. The van der Waals surface area contributed by atoms with Crippen molar-refractivity contribution in [1.29, 1.82) is 0 Å². The van der Waals surface area contributed by atoms with Crippen LogP contribution in [0.25, 0.3) is 0 Å². The zero-order valence-electron chi connectivity index (χ0n) is 23.9. The molecular formula is C29H34F2O11. The van der Waals surface area contributed by atoms with Gasteiger partial charge in [-0.05, 0) is 68.5 Å². The number of hydrogen-bond acceptors (Lipinski definition) is 11. The summed E-state index contributed by atoms with van der Waals surface area (Å²) in [6.45, 7) is 5.79. The number of methoxy groups -OCH3 is 1. The Morgan fingerprint density at radius 3 is 1.98 bits per heavy atom. The van der Waals surface area contributed by atoms with E-state index in [2.05, 4.69) is 4.74 Å². The lowest BCUT2D eigenvalue weighted by atomic mass is 9.90. The second-order valence-electron chi connectivity index (χ2n) is 9.06. The van der Waals surface area contributed by atoms with Gasteiger partial charge in [0.2, 0.25) is 6.10 Å². The summed E-state index contributed by atoms with van der Waals surface area (Å²) >= 11 is 0. The number of aryl methyl sites for hydroxylation is 1. The molecule has 0 spiro atoms. The van der Waals surface area contributed by atoms with Gasteiger partial charge in [0.1, 0.15) is 11.9 Å². The number of carbonyl (C=O) groups is 3. The Kier molecular flexibility index (Phi) is 11.3. The van der Waals surface area contributed by atoms with E-state index in [9.17, 15) is 14.4 Å².